The molecule has 1 aliphatic rings. The number of aryl methyl sites for hydroxylation is 1. The normalized spacial score (nSPS) is 17.2. The molecule has 0 bridgehead atoms. The summed E-state index contributed by atoms with van der Waals surface area (Å²) in [5, 5.41) is 3.35. The highest BCUT2D eigenvalue weighted by atomic mass is 16.5. The van der Waals surface area contributed by atoms with Gasteiger partial charge in [-0.1, -0.05) is 24.3 Å². The zero-order chi connectivity index (χ0) is 12.6. The number of benzene rings is 1. The highest BCUT2D eigenvalue weighted by Gasteiger charge is 2.06. The number of piperazine rings is 1. The van der Waals surface area contributed by atoms with Gasteiger partial charge < -0.3 is 10.1 Å². The summed E-state index contributed by atoms with van der Waals surface area (Å²) in [5.41, 5.74) is 1.23. The smallest absolute Gasteiger partial charge is 0.120 e. The van der Waals surface area contributed by atoms with Crippen molar-refractivity contribution in [2.45, 2.75) is 6.92 Å². The first-order valence-corrected chi connectivity index (χ1v) is 6.62. The van der Waals surface area contributed by atoms with Crippen molar-refractivity contribution >= 4 is 0 Å². The molecule has 98 valence electrons. The molecule has 0 spiro atoms. The Morgan fingerprint density at radius 1 is 1.28 bits per heavy atom. The average Bonchev–Trinajstić information content (AvgIpc) is 2.40. The molecule has 1 aliphatic heterocycles. The molecule has 3 heteroatoms. The predicted octanol–water partition coefficient (Wildman–Crippen LogP) is 1.84. The van der Waals surface area contributed by atoms with E-state index in [-0.39, 0.29) is 0 Å². The monoisotopic (exact) mass is 246 g/mol. The maximum atomic E-state index is 5.66. The summed E-state index contributed by atoms with van der Waals surface area (Å²) in [6.07, 6.45) is 4.30. The van der Waals surface area contributed by atoms with Crippen LogP contribution in [0.3, 0.4) is 0 Å². The summed E-state index contributed by atoms with van der Waals surface area (Å²) in [7, 11) is 0. The topological polar surface area (TPSA) is 24.5 Å². The van der Waals surface area contributed by atoms with Gasteiger partial charge in [-0.3, -0.25) is 4.90 Å². The summed E-state index contributed by atoms with van der Waals surface area (Å²) in [5.74, 6) is 0.946. The lowest BCUT2D eigenvalue weighted by Crippen LogP contribution is -2.43. The van der Waals surface area contributed by atoms with E-state index in [1.807, 2.05) is 12.1 Å². The Kier molecular flexibility index (Phi) is 5.24. The Bertz CT molecular complexity index is 384. The molecule has 0 aromatic heterocycles. The molecule has 1 N–H and O–H groups in total. The fourth-order valence-electron chi connectivity index (χ4n) is 2.03. The molecule has 18 heavy (non-hydrogen) atoms. The van der Waals surface area contributed by atoms with Gasteiger partial charge in [0.15, 0.2) is 0 Å². The first-order valence-electron chi connectivity index (χ1n) is 6.62. The number of nitrogens with one attached hydrogen (secondary N) is 1. The van der Waals surface area contributed by atoms with E-state index < -0.39 is 0 Å². The Hall–Kier alpha value is -1.32. The van der Waals surface area contributed by atoms with Crippen LogP contribution in [0.4, 0.5) is 0 Å². The SMILES string of the molecule is Cc1cccc(OCC=CCN2CCNCC2)c1. The first kappa shape index (κ1) is 13.1. The molecule has 2 rings (SSSR count). The second-order valence-corrected chi connectivity index (χ2v) is 4.65. The van der Waals surface area contributed by atoms with Crippen LogP contribution in [0.2, 0.25) is 0 Å². The maximum Gasteiger partial charge on any atom is 0.120 e. The maximum absolute atomic E-state index is 5.66. The van der Waals surface area contributed by atoms with Crippen LogP contribution in [0.15, 0.2) is 36.4 Å². The van der Waals surface area contributed by atoms with Gasteiger partial charge in [0.05, 0.1) is 0 Å². The van der Waals surface area contributed by atoms with E-state index in [1.165, 1.54) is 5.56 Å². The molecule has 0 radical (unpaired) electrons. The quantitative estimate of drug-likeness (QED) is 0.802. The van der Waals surface area contributed by atoms with Crippen LogP contribution >= 0.6 is 0 Å². The van der Waals surface area contributed by atoms with Crippen molar-refractivity contribution in [3.05, 3.63) is 42.0 Å². The van der Waals surface area contributed by atoms with Crippen molar-refractivity contribution in [1.29, 1.82) is 0 Å². The molecule has 0 amide bonds. The van der Waals surface area contributed by atoms with Gasteiger partial charge in [0.1, 0.15) is 12.4 Å². The summed E-state index contributed by atoms with van der Waals surface area (Å²) >= 11 is 0. The second kappa shape index (κ2) is 7.19. The molecule has 0 unspecified atom stereocenters. The van der Waals surface area contributed by atoms with Crippen LogP contribution in [-0.2, 0) is 0 Å². The zero-order valence-electron chi connectivity index (χ0n) is 11.1. The third kappa shape index (κ3) is 4.51. The van der Waals surface area contributed by atoms with Crippen molar-refractivity contribution < 1.29 is 4.74 Å². The standard InChI is InChI=1S/C15H22N2O/c1-14-5-4-6-15(13-14)18-12-3-2-9-17-10-7-16-8-11-17/h2-6,13,16H,7-12H2,1H3. The van der Waals surface area contributed by atoms with Gasteiger partial charge >= 0.3 is 0 Å². The van der Waals surface area contributed by atoms with Gasteiger partial charge in [-0.25, -0.2) is 0 Å². The molecular weight excluding hydrogens is 224 g/mol. The summed E-state index contributed by atoms with van der Waals surface area (Å²) in [6, 6.07) is 8.16. The molecule has 1 aromatic carbocycles. The third-order valence-electron chi connectivity index (χ3n) is 3.08. The van der Waals surface area contributed by atoms with Gasteiger partial charge in [-0.15, -0.1) is 0 Å². The van der Waals surface area contributed by atoms with Crippen molar-refractivity contribution in [2.75, 3.05) is 39.3 Å². The lowest BCUT2D eigenvalue weighted by atomic mass is 10.2. The lowest BCUT2D eigenvalue weighted by molar-refractivity contribution is 0.264. The minimum atomic E-state index is 0.648. The molecule has 0 aliphatic carbocycles. The van der Waals surface area contributed by atoms with Gasteiger partial charge in [0.25, 0.3) is 0 Å². The van der Waals surface area contributed by atoms with Gasteiger partial charge in [0.2, 0.25) is 0 Å². The molecule has 0 saturated carbocycles. The molecule has 1 fully saturated rings. The van der Waals surface area contributed by atoms with Crippen molar-refractivity contribution in [2.24, 2.45) is 0 Å². The fourth-order valence-corrected chi connectivity index (χ4v) is 2.03. The van der Waals surface area contributed by atoms with E-state index in [1.54, 1.807) is 0 Å². The Balaban J connectivity index is 1.65. The summed E-state index contributed by atoms with van der Waals surface area (Å²) in [6.45, 7) is 8.24. The lowest BCUT2D eigenvalue weighted by Gasteiger charge is -2.25. The number of hydrogen-bond donors (Lipinski definition) is 1. The van der Waals surface area contributed by atoms with Crippen LogP contribution in [0.5, 0.6) is 5.75 Å². The van der Waals surface area contributed by atoms with Crippen molar-refractivity contribution in [1.82, 2.24) is 10.2 Å². The van der Waals surface area contributed by atoms with Crippen molar-refractivity contribution in [3.8, 4) is 5.75 Å². The fraction of sp³-hybridized carbons (Fsp3) is 0.467. The van der Waals surface area contributed by atoms with E-state index in [9.17, 15) is 0 Å². The first-order chi connectivity index (χ1) is 8.84. The van der Waals surface area contributed by atoms with Crippen molar-refractivity contribution in [3.63, 3.8) is 0 Å². The van der Waals surface area contributed by atoms with Crippen LogP contribution in [0, 0.1) is 6.92 Å². The van der Waals surface area contributed by atoms with E-state index in [2.05, 4.69) is 41.4 Å². The largest absolute Gasteiger partial charge is 0.490 e. The highest BCUT2D eigenvalue weighted by molar-refractivity contribution is 5.27. The van der Waals surface area contributed by atoms with E-state index in [0.29, 0.717) is 6.61 Å². The van der Waals surface area contributed by atoms with E-state index in [4.69, 9.17) is 4.74 Å². The molecule has 1 heterocycles. The van der Waals surface area contributed by atoms with E-state index in [0.717, 1.165) is 38.5 Å². The highest BCUT2D eigenvalue weighted by Crippen LogP contribution is 2.11. The zero-order valence-corrected chi connectivity index (χ0v) is 11.1. The minimum absolute atomic E-state index is 0.648. The molecule has 1 aromatic rings. The van der Waals surface area contributed by atoms with Crippen LogP contribution in [0.1, 0.15) is 5.56 Å². The van der Waals surface area contributed by atoms with E-state index >= 15 is 0 Å². The number of nitrogens with zero attached hydrogens (tertiary/aromatic N) is 1. The molecule has 1 saturated heterocycles. The molecule has 3 nitrogen and oxygen atoms in total. The Labute approximate surface area is 109 Å². The van der Waals surface area contributed by atoms with Gasteiger partial charge in [-0.05, 0) is 24.6 Å². The van der Waals surface area contributed by atoms with Crippen LogP contribution < -0.4 is 10.1 Å². The number of ether oxygens (including phenoxy) is 1. The number of rotatable bonds is 5. The molecule has 0 atom stereocenters. The summed E-state index contributed by atoms with van der Waals surface area (Å²) < 4.78 is 5.66. The van der Waals surface area contributed by atoms with Crippen LogP contribution in [0.25, 0.3) is 0 Å². The van der Waals surface area contributed by atoms with Gasteiger partial charge in [0, 0.05) is 32.7 Å². The predicted molar refractivity (Wildman–Crippen MR) is 75.1 cm³/mol. The average molecular weight is 246 g/mol. The number of hydrogen-bond acceptors (Lipinski definition) is 3. The van der Waals surface area contributed by atoms with Gasteiger partial charge in [-0.2, -0.15) is 0 Å². The molecular formula is C15H22N2O. The minimum Gasteiger partial charge on any atom is -0.490 e. The third-order valence-corrected chi connectivity index (χ3v) is 3.08. The summed E-state index contributed by atoms with van der Waals surface area (Å²) in [4.78, 5) is 2.44. The van der Waals surface area contributed by atoms with Crippen LogP contribution in [-0.4, -0.2) is 44.2 Å². The Morgan fingerprint density at radius 3 is 2.89 bits per heavy atom. The Morgan fingerprint density at radius 2 is 2.11 bits per heavy atom. The second-order valence-electron chi connectivity index (χ2n) is 4.65.